The molecule has 1 amide bonds. The number of amidine groups is 1. The van der Waals surface area contributed by atoms with E-state index in [0.29, 0.717) is 54.1 Å². The van der Waals surface area contributed by atoms with E-state index in [-0.39, 0.29) is 18.5 Å². The Morgan fingerprint density at radius 1 is 1.23 bits per heavy atom. The monoisotopic (exact) mass is 408 g/mol. The van der Waals surface area contributed by atoms with Gasteiger partial charge in [-0.15, -0.1) is 0 Å². The highest BCUT2D eigenvalue weighted by atomic mass is 19.1. The van der Waals surface area contributed by atoms with Crippen molar-refractivity contribution in [1.82, 2.24) is 9.97 Å². The molecule has 0 aliphatic carbocycles. The molecule has 3 aliphatic heterocycles. The number of nitrogens with one attached hydrogen (secondary N) is 1. The predicted molar refractivity (Wildman–Crippen MR) is 112 cm³/mol. The van der Waals surface area contributed by atoms with Gasteiger partial charge in [0.1, 0.15) is 5.82 Å². The maximum atomic E-state index is 14.8. The number of hydrogen-bond acceptors (Lipinski definition) is 7. The highest BCUT2D eigenvalue weighted by Gasteiger charge is 2.34. The van der Waals surface area contributed by atoms with Crippen LogP contribution in [-0.4, -0.2) is 60.3 Å². The zero-order valence-corrected chi connectivity index (χ0v) is 16.6. The number of benzene rings is 1. The largest absolute Gasteiger partial charge is 0.381 e. The first-order valence-corrected chi connectivity index (χ1v) is 10.0. The normalized spacial score (nSPS) is 18.9. The number of nitrogens with zero attached hydrogens (tertiary/aromatic N) is 5. The summed E-state index contributed by atoms with van der Waals surface area (Å²) < 4.78 is 20.3. The summed E-state index contributed by atoms with van der Waals surface area (Å²) in [4.78, 5) is 32.0. The fraction of sp³-hybridized carbons (Fsp3) is 0.381. The molecule has 1 saturated heterocycles. The second kappa shape index (κ2) is 7.56. The van der Waals surface area contributed by atoms with Gasteiger partial charge in [-0.1, -0.05) is 0 Å². The molecule has 5 rings (SSSR count). The Balaban J connectivity index is 1.55. The number of rotatable bonds is 3. The standard InChI is InChI=1S/C21H21FN6O2/c1-12-8-15(19-23-4-5-24-19)16(22)9-14(12)17-10-25-20-21(27-17)28(18(29)11-26-20)13-2-6-30-7-3-13/h4,8-10,13H,2-3,5-7,11H2,1H3,(H,25,26). The van der Waals surface area contributed by atoms with Gasteiger partial charge in [0.25, 0.3) is 0 Å². The summed E-state index contributed by atoms with van der Waals surface area (Å²) in [5.74, 6) is 0.998. The van der Waals surface area contributed by atoms with Gasteiger partial charge in [0, 0.05) is 31.0 Å². The van der Waals surface area contributed by atoms with Crippen molar-refractivity contribution in [3.05, 3.63) is 35.3 Å². The fourth-order valence-electron chi connectivity index (χ4n) is 4.06. The van der Waals surface area contributed by atoms with Crippen LogP contribution in [0.3, 0.4) is 0 Å². The van der Waals surface area contributed by atoms with Crippen molar-refractivity contribution in [2.75, 3.05) is 36.5 Å². The van der Waals surface area contributed by atoms with E-state index in [1.807, 2.05) is 6.92 Å². The minimum Gasteiger partial charge on any atom is -0.381 e. The number of carbonyl (C=O) groups is 1. The average Bonchev–Trinajstić information content (AvgIpc) is 3.30. The molecular formula is C21H21FN6O2. The lowest BCUT2D eigenvalue weighted by atomic mass is 10.0. The zero-order valence-electron chi connectivity index (χ0n) is 16.6. The molecule has 30 heavy (non-hydrogen) atoms. The predicted octanol–water partition coefficient (Wildman–Crippen LogP) is 2.36. The Hall–Kier alpha value is -3.20. The number of aliphatic imine (C=N–C) groups is 2. The van der Waals surface area contributed by atoms with Gasteiger partial charge in [0.15, 0.2) is 17.5 Å². The zero-order chi connectivity index (χ0) is 20.7. The lowest BCUT2D eigenvalue weighted by Gasteiger charge is -2.36. The highest BCUT2D eigenvalue weighted by Crippen LogP contribution is 2.33. The van der Waals surface area contributed by atoms with E-state index in [4.69, 9.17) is 9.72 Å². The molecule has 0 bridgehead atoms. The molecule has 1 aromatic heterocycles. The molecule has 0 radical (unpaired) electrons. The topological polar surface area (TPSA) is 92.1 Å². The van der Waals surface area contributed by atoms with Crippen LogP contribution < -0.4 is 10.2 Å². The quantitative estimate of drug-likeness (QED) is 0.842. The molecule has 2 aromatic rings. The van der Waals surface area contributed by atoms with Crippen molar-refractivity contribution in [3.63, 3.8) is 0 Å². The van der Waals surface area contributed by atoms with Crippen molar-refractivity contribution >= 4 is 29.6 Å². The number of anilines is 2. The van der Waals surface area contributed by atoms with Crippen LogP contribution in [0.15, 0.2) is 28.3 Å². The van der Waals surface area contributed by atoms with Gasteiger partial charge in [-0.25, -0.2) is 19.4 Å². The number of ether oxygens (including phenoxy) is 1. The van der Waals surface area contributed by atoms with Crippen LogP contribution in [0.1, 0.15) is 24.0 Å². The van der Waals surface area contributed by atoms with E-state index in [0.717, 1.165) is 18.4 Å². The third-order valence-corrected chi connectivity index (χ3v) is 5.58. The van der Waals surface area contributed by atoms with Crippen molar-refractivity contribution in [2.24, 2.45) is 9.98 Å². The van der Waals surface area contributed by atoms with Crippen LogP contribution in [0.5, 0.6) is 0 Å². The third kappa shape index (κ3) is 3.24. The van der Waals surface area contributed by atoms with Gasteiger partial charge >= 0.3 is 0 Å². The Morgan fingerprint density at radius 2 is 2.07 bits per heavy atom. The van der Waals surface area contributed by atoms with Crippen LogP contribution >= 0.6 is 0 Å². The molecule has 4 heterocycles. The second-order valence-electron chi connectivity index (χ2n) is 7.51. The molecule has 0 saturated carbocycles. The fourth-order valence-corrected chi connectivity index (χ4v) is 4.06. The first-order chi connectivity index (χ1) is 14.6. The lowest BCUT2D eigenvalue weighted by Crippen LogP contribution is -2.49. The first kappa shape index (κ1) is 18.8. The van der Waals surface area contributed by atoms with Crippen LogP contribution in [0.25, 0.3) is 11.3 Å². The van der Waals surface area contributed by atoms with Gasteiger partial charge in [-0.3, -0.25) is 14.7 Å². The number of aromatic nitrogens is 2. The van der Waals surface area contributed by atoms with Crippen LogP contribution in [0.4, 0.5) is 16.0 Å². The maximum Gasteiger partial charge on any atom is 0.247 e. The smallest absolute Gasteiger partial charge is 0.247 e. The van der Waals surface area contributed by atoms with Gasteiger partial charge in [0.2, 0.25) is 5.91 Å². The Labute approximate surface area is 172 Å². The van der Waals surface area contributed by atoms with Crippen molar-refractivity contribution in [1.29, 1.82) is 0 Å². The summed E-state index contributed by atoms with van der Waals surface area (Å²) in [6, 6.07) is 3.19. The lowest BCUT2D eigenvalue weighted by molar-refractivity contribution is -0.118. The molecule has 0 unspecified atom stereocenters. The Morgan fingerprint density at radius 3 is 2.83 bits per heavy atom. The summed E-state index contributed by atoms with van der Waals surface area (Å²) in [7, 11) is 0. The summed E-state index contributed by atoms with van der Waals surface area (Å²) in [5.41, 5.74) is 2.34. The SMILES string of the molecule is Cc1cc(C2=NCC=N2)c(F)cc1-c1cnc2c(n1)N(C1CCOCC1)C(=O)CN2. The third-order valence-electron chi connectivity index (χ3n) is 5.58. The van der Waals surface area contributed by atoms with Gasteiger partial charge in [-0.05, 0) is 37.5 Å². The molecule has 9 heteroatoms. The van der Waals surface area contributed by atoms with Gasteiger partial charge < -0.3 is 10.1 Å². The Kier molecular flexibility index (Phi) is 4.74. The van der Waals surface area contributed by atoms with Gasteiger partial charge in [-0.2, -0.15) is 0 Å². The molecule has 3 aliphatic rings. The first-order valence-electron chi connectivity index (χ1n) is 10.0. The minimum absolute atomic E-state index is 0.0232. The molecular weight excluding hydrogens is 387 g/mol. The van der Waals surface area contributed by atoms with E-state index < -0.39 is 5.82 Å². The minimum atomic E-state index is -0.414. The van der Waals surface area contributed by atoms with Crippen LogP contribution in [0.2, 0.25) is 0 Å². The van der Waals surface area contributed by atoms with Crippen LogP contribution in [-0.2, 0) is 9.53 Å². The second-order valence-corrected chi connectivity index (χ2v) is 7.51. The molecule has 1 N–H and O–H groups in total. The van der Waals surface area contributed by atoms with E-state index in [1.54, 1.807) is 23.4 Å². The number of fused-ring (bicyclic) bond motifs is 1. The van der Waals surface area contributed by atoms with Gasteiger partial charge in [0.05, 0.1) is 30.5 Å². The number of halogens is 1. The van der Waals surface area contributed by atoms with Crippen molar-refractivity contribution in [3.8, 4) is 11.3 Å². The summed E-state index contributed by atoms with van der Waals surface area (Å²) in [6.45, 7) is 3.77. The van der Waals surface area contributed by atoms with E-state index in [9.17, 15) is 9.18 Å². The summed E-state index contributed by atoms with van der Waals surface area (Å²) in [6.07, 6.45) is 4.77. The highest BCUT2D eigenvalue weighted by molar-refractivity contribution is 6.07. The van der Waals surface area contributed by atoms with E-state index in [2.05, 4.69) is 20.3 Å². The van der Waals surface area contributed by atoms with Crippen LogP contribution in [0, 0.1) is 12.7 Å². The molecule has 154 valence electrons. The Bertz CT molecular complexity index is 1080. The van der Waals surface area contributed by atoms with E-state index >= 15 is 0 Å². The maximum absolute atomic E-state index is 14.8. The van der Waals surface area contributed by atoms with Crippen molar-refractivity contribution < 1.29 is 13.9 Å². The number of amides is 1. The average molecular weight is 408 g/mol. The molecule has 0 spiro atoms. The number of hydrogen-bond donors (Lipinski definition) is 1. The number of aryl methyl sites for hydroxylation is 1. The number of carbonyl (C=O) groups excluding carboxylic acids is 1. The van der Waals surface area contributed by atoms with E-state index in [1.165, 1.54) is 6.07 Å². The molecule has 8 nitrogen and oxygen atoms in total. The molecule has 1 aromatic carbocycles. The summed E-state index contributed by atoms with van der Waals surface area (Å²) in [5, 5.41) is 3.03. The molecule has 1 fully saturated rings. The summed E-state index contributed by atoms with van der Waals surface area (Å²) >= 11 is 0. The van der Waals surface area contributed by atoms with Crippen molar-refractivity contribution in [2.45, 2.75) is 25.8 Å². The molecule has 0 atom stereocenters.